The van der Waals surface area contributed by atoms with Gasteiger partial charge in [-0.3, -0.25) is 0 Å². The molecule has 0 spiro atoms. The highest BCUT2D eigenvalue weighted by Gasteiger charge is 2.15. The number of ether oxygens (including phenoxy) is 1. The number of nitrogens with zero attached hydrogens (tertiary/aromatic N) is 3. The van der Waals surface area contributed by atoms with Gasteiger partial charge in [-0.25, -0.2) is 4.98 Å². The first-order valence-electron chi connectivity index (χ1n) is 5.18. The van der Waals surface area contributed by atoms with Crippen molar-refractivity contribution in [3.8, 4) is 5.88 Å². The van der Waals surface area contributed by atoms with Crippen LogP contribution < -0.4 is 15.4 Å². The average molecular weight is 242 g/mol. The maximum atomic E-state index is 5.97. The second kappa shape index (κ2) is 5.79. The first kappa shape index (κ1) is 12.9. The van der Waals surface area contributed by atoms with Gasteiger partial charge in [0.05, 0.1) is 7.11 Å². The molecule has 0 atom stereocenters. The van der Waals surface area contributed by atoms with Crippen LogP contribution in [-0.2, 0) is 0 Å². The molecule has 0 amide bonds. The summed E-state index contributed by atoms with van der Waals surface area (Å²) in [5.74, 6) is 1.20. The normalized spacial score (nSPS) is 10.2. The van der Waals surface area contributed by atoms with Crippen LogP contribution in [0.15, 0.2) is 5.16 Å². The Morgan fingerprint density at radius 2 is 1.94 bits per heavy atom. The zero-order chi connectivity index (χ0) is 12.1. The first-order valence-corrected chi connectivity index (χ1v) is 6.40. The molecule has 90 valence electrons. The monoisotopic (exact) mass is 242 g/mol. The maximum Gasteiger partial charge on any atom is 0.243 e. The van der Waals surface area contributed by atoms with Gasteiger partial charge >= 0.3 is 0 Å². The molecule has 0 bridgehead atoms. The van der Waals surface area contributed by atoms with E-state index in [0.717, 1.165) is 18.9 Å². The standard InChI is InChI=1S/C10H18N4OS/c1-5-14(6-2)8-7(11)9(15-3)13-10(12-8)16-4/h5-6,11H2,1-4H3. The molecule has 6 heteroatoms. The SMILES string of the molecule is CCN(CC)c1nc(SC)nc(OC)c1N. The molecule has 1 aromatic heterocycles. The van der Waals surface area contributed by atoms with Crippen molar-refractivity contribution in [3.63, 3.8) is 0 Å². The van der Waals surface area contributed by atoms with Crippen molar-refractivity contribution in [2.75, 3.05) is 37.1 Å². The molecule has 1 aromatic rings. The van der Waals surface area contributed by atoms with Gasteiger partial charge in [0, 0.05) is 13.1 Å². The molecule has 0 aliphatic heterocycles. The quantitative estimate of drug-likeness (QED) is 0.625. The Morgan fingerprint density at radius 3 is 2.38 bits per heavy atom. The van der Waals surface area contributed by atoms with Gasteiger partial charge in [-0.1, -0.05) is 11.8 Å². The van der Waals surface area contributed by atoms with Crippen molar-refractivity contribution in [2.24, 2.45) is 0 Å². The summed E-state index contributed by atoms with van der Waals surface area (Å²) in [5.41, 5.74) is 6.47. The summed E-state index contributed by atoms with van der Waals surface area (Å²) in [6, 6.07) is 0. The van der Waals surface area contributed by atoms with Crippen molar-refractivity contribution < 1.29 is 4.74 Å². The topological polar surface area (TPSA) is 64.3 Å². The molecule has 0 unspecified atom stereocenters. The van der Waals surface area contributed by atoms with Crippen LogP contribution in [0.4, 0.5) is 11.5 Å². The van der Waals surface area contributed by atoms with Gasteiger partial charge < -0.3 is 15.4 Å². The molecule has 16 heavy (non-hydrogen) atoms. The molecule has 0 saturated carbocycles. The number of thioether (sulfide) groups is 1. The van der Waals surface area contributed by atoms with Gasteiger partial charge in [-0.05, 0) is 20.1 Å². The lowest BCUT2D eigenvalue weighted by Crippen LogP contribution is -2.24. The molecular formula is C10H18N4OS. The molecule has 0 saturated heterocycles. The van der Waals surface area contributed by atoms with Crippen molar-refractivity contribution in [1.82, 2.24) is 9.97 Å². The fourth-order valence-corrected chi connectivity index (χ4v) is 1.78. The average Bonchev–Trinajstić information content (AvgIpc) is 2.32. The summed E-state index contributed by atoms with van der Waals surface area (Å²) in [7, 11) is 1.56. The molecule has 0 aliphatic rings. The molecule has 0 fully saturated rings. The predicted octanol–water partition coefficient (Wildman–Crippen LogP) is 1.64. The Hall–Kier alpha value is -1.17. The van der Waals surface area contributed by atoms with E-state index in [0.29, 0.717) is 16.7 Å². The van der Waals surface area contributed by atoms with Gasteiger partial charge in [0.25, 0.3) is 0 Å². The van der Waals surface area contributed by atoms with Crippen molar-refractivity contribution in [2.45, 2.75) is 19.0 Å². The fourth-order valence-electron chi connectivity index (χ4n) is 1.43. The number of rotatable bonds is 5. The first-order chi connectivity index (χ1) is 7.67. The maximum absolute atomic E-state index is 5.97. The zero-order valence-electron chi connectivity index (χ0n) is 10.1. The Morgan fingerprint density at radius 1 is 1.31 bits per heavy atom. The van der Waals surface area contributed by atoms with E-state index < -0.39 is 0 Å². The van der Waals surface area contributed by atoms with Crippen molar-refractivity contribution in [1.29, 1.82) is 0 Å². The summed E-state index contributed by atoms with van der Waals surface area (Å²) < 4.78 is 5.15. The highest BCUT2D eigenvalue weighted by atomic mass is 32.2. The largest absolute Gasteiger partial charge is 0.479 e. The summed E-state index contributed by atoms with van der Waals surface area (Å²) in [6.07, 6.45) is 1.93. The Bertz CT molecular complexity index is 355. The van der Waals surface area contributed by atoms with E-state index in [2.05, 4.69) is 28.7 Å². The molecule has 1 heterocycles. The minimum Gasteiger partial charge on any atom is -0.479 e. The van der Waals surface area contributed by atoms with Crippen LogP contribution >= 0.6 is 11.8 Å². The van der Waals surface area contributed by atoms with Crippen LogP contribution in [0.2, 0.25) is 0 Å². The number of hydrogen-bond donors (Lipinski definition) is 1. The van der Waals surface area contributed by atoms with Crippen molar-refractivity contribution in [3.05, 3.63) is 0 Å². The lowest BCUT2D eigenvalue weighted by molar-refractivity contribution is 0.395. The Balaban J connectivity index is 3.24. The van der Waals surface area contributed by atoms with Gasteiger partial charge in [-0.15, -0.1) is 0 Å². The number of hydrogen-bond acceptors (Lipinski definition) is 6. The van der Waals surface area contributed by atoms with E-state index in [9.17, 15) is 0 Å². The zero-order valence-corrected chi connectivity index (χ0v) is 11.0. The number of nitrogen functional groups attached to an aromatic ring is 1. The molecule has 0 aliphatic carbocycles. The van der Waals surface area contributed by atoms with Gasteiger partial charge in [-0.2, -0.15) is 4.98 Å². The summed E-state index contributed by atoms with van der Waals surface area (Å²) >= 11 is 1.48. The molecule has 0 radical (unpaired) electrons. The minimum atomic E-state index is 0.446. The third kappa shape index (κ3) is 2.49. The molecule has 1 rings (SSSR count). The van der Waals surface area contributed by atoms with Gasteiger partial charge in [0.15, 0.2) is 11.0 Å². The fraction of sp³-hybridized carbons (Fsp3) is 0.600. The van der Waals surface area contributed by atoms with Crippen LogP contribution in [0, 0.1) is 0 Å². The smallest absolute Gasteiger partial charge is 0.243 e. The second-order valence-electron chi connectivity index (χ2n) is 3.13. The van der Waals surface area contributed by atoms with E-state index in [1.807, 2.05) is 6.26 Å². The number of anilines is 2. The number of nitrogens with two attached hydrogens (primary N) is 1. The predicted molar refractivity (Wildman–Crippen MR) is 68.3 cm³/mol. The molecule has 5 nitrogen and oxygen atoms in total. The second-order valence-corrected chi connectivity index (χ2v) is 3.90. The Kier molecular flexibility index (Phi) is 4.67. The third-order valence-electron chi connectivity index (χ3n) is 2.31. The van der Waals surface area contributed by atoms with Crippen LogP contribution in [-0.4, -0.2) is 36.4 Å². The lowest BCUT2D eigenvalue weighted by atomic mass is 10.4. The van der Waals surface area contributed by atoms with Crippen LogP contribution in [0.3, 0.4) is 0 Å². The van der Waals surface area contributed by atoms with Crippen LogP contribution in [0.25, 0.3) is 0 Å². The summed E-state index contributed by atoms with van der Waals surface area (Å²) in [5, 5.41) is 0.674. The van der Waals surface area contributed by atoms with Crippen LogP contribution in [0.5, 0.6) is 5.88 Å². The van der Waals surface area contributed by atoms with E-state index in [-0.39, 0.29) is 0 Å². The third-order valence-corrected chi connectivity index (χ3v) is 2.86. The van der Waals surface area contributed by atoms with Crippen molar-refractivity contribution >= 4 is 23.3 Å². The molecule has 2 N–H and O–H groups in total. The number of methoxy groups -OCH3 is 1. The van der Waals surface area contributed by atoms with Gasteiger partial charge in [0.2, 0.25) is 5.88 Å². The number of aromatic nitrogens is 2. The highest BCUT2D eigenvalue weighted by Crippen LogP contribution is 2.30. The van der Waals surface area contributed by atoms with E-state index in [1.165, 1.54) is 11.8 Å². The van der Waals surface area contributed by atoms with Crippen LogP contribution in [0.1, 0.15) is 13.8 Å². The molecular weight excluding hydrogens is 224 g/mol. The molecule has 0 aromatic carbocycles. The van der Waals surface area contributed by atoms with E-state index in [1.54, 1.807) is 7.11 Å². The summed E-state index contributed by atoms with van der Waals surface area (Å²) in [4.78, 5) is 10.7. The summed E-state index contributed by atoms with van der Waals surface area (Å²) in [6.45, 7) is 5.84. The van der Waals surface area contributed by atoms with Gasteiger partial charge in [0.1, 0.15) is 5.69 Å². The van der Waals surface area contributed by atoms with E-state index >= 15 is 0 Å². The lowest BCUT2D eigenvalue weighted by Gasteiger charge is -2.22. The minimum absolute atomic E-state index is 0.446. The highest BCUT2D eigenvalue weighted by molar-refractivity contribution is 7.98. The van der Waals surface area contributed by atoms with E-state index in [4.69, 9.17) is 10.5 Å². The Labute approximate surface area is 100 Å².